The molecule has 0 fully saturated rings. The topological polar surface area (TPSA) is 66.9 Å². The van der Waals surface area contributed by atoms with Gasteiger partial charge in [0.15, 0.2) is 5.82 Å². The number of benzene rings is 2. The standard InChI is InChI=1S/C22H22N4O/c1-3-13-23-20-14-19(25-21(26-20)17-10-5-4-6-11-17)22(27)24-15-18-12-8-7-9-16(18)2/h3-12,14H,1,13,15H2,2H3,(H,24,27)(H,23,25,26). The molecule has 1 heterocycles. The largest absolute Gasteiger partial charge is 0.366 e. The van der Waals surface area contributed by atoms with E-state index < -0.39 is 0 Å². The van der Waals surface area contributed by atoms with Gasteiger partial charge in [-0.2, -0.15) is 0 Å². The van der Waals surface area contributed by atoms with Crippen molar-refractivity contribution in [2.24, 2.45) is 0 Å². The SMILES string of the molecule is C=CCNc1cc(C(=O)NCc2ccccc2C)nc(-c2ccccc2)n1. The van der Waals surface area contributed by atoms with E-state index >= 15 is 0 Å². The lowest BCUT2D eigenvalue weighted by Gasteiger charge is -2.11. The van der Waals surface area contributed by atoms with Gasteiger partial charge in [0.25, 0.3) is 5.91 Å². The third kappa shape index (κ3) is 4.79. The van der Waals surface area contributed by atoms with Crippen molar-refractivity contribution in [3.8, 4) is 11.4 Å². The molecule has 136 valence electrons. The average molecular weight is 358 g/mol. The molecule has 3 aromatic rings. The quantitative estimate of drug-likeness (QED) is 0.627. The van der Waals surface area contributed by atoms with Gasteiger partial charge in [-0.1, -0.05) is 60.7 Å². The summed E-state index contributed by atoms with van der Waals surface area (Å²) in [6.07, 6.45) is 1.74. The number of aryl methyl sites for hydroxylation is 1. The molecule has 0 aliphatic carbocycles. The molecule has 3 rings (SSSR count). The zero-order valence-electron chi connectivity index (χ0n) is 15.3. The molecule has 0 bridgehead atoms. The number of aromatic nitrogens is 2. The van der Waals surface area contributed by atoms with Crippen molar-refractivity contribution in [3.05, 3.63) is 90.1 Å². The third-order valence-corrected chi connectivity index (χ3v) is 4.12. The van der Waals surface area contributed by atoms with Crippen molar-refractivity contribution >= 4 is 11.7 Å². The number of anilines is 1. The van der Waals surface area contributed by atoms with Crippen molar-refractivity contribution in [1.82, 2.24) is 15.3 Å². The number of amides is 1. The highest BCUT2D eigenvalue weighted by molar-refractivity contribution is 5.93. The molecular formula is C22H22N4O. The molecule has 0 aliphatic heterocycles. The van der Waals surface area contributed by atoms with Crippen LogP contribution >= 0.6 is 0 Å². The summed E-state index contributed by atoms with van der Waals surface area (Å²) in [6, 6.07) is 19.2. The van der Waals surface area contributed by atoms with Gasteiger partial charge < -0.3 is 10.6 Å². The Hall–Kier alpha value is -3.47. The lowest BCUT2D eigenvalue weighted by atomic mass is 10.1. The van der Waals surface area contributed by atoms with Crippen LogP contribution in [0.3, 0.4) is 0 Å². The Morgan fingerprint density at radius 3 is 2.56 bits per heavy atom. The van der Waals surface area contributed by atoms with Crippen LogP contribution in [-0.4, -0.2) is 22.4 Å². The molecular weight excluding hydrogens is 336 g/mol. The average Bonchev–Trinajstić information content (AvgIpc) is 2.72. The van der Waals surface area contributed by atoms with Crippen molar-refractivity contribution < 1.29 is 4.79 Å². The fourth-order valence-corrected chi connectivity index (χ4v) is 2.62. The van der Waals surface area contributed by atoms with E-state index in [1.54, 1.807) is 12.1 Å². The van der Waals surface area contributed by atoms with Crippen molar-refractivity contribution in [2.45, 2.75) is 13.5 Å². The van der Waals surface area contributed by atoms with E-state index in [9.17, 15) is 4.79 Å². The fourth-order valence-electron chi connectivity index (χ4n) is 2.62. The highest BCUT2D eigenvalue weighted by Gasteiger charge is 2.13. The Balaban J connectivity index is 1.85. The van der Waals surface area contributed by atoms with Crippen LogP contribution < -0.4 is 10.6 Å². The van der Waals surface area contributed by atoms with Crippen LogP contribution in [0.1, 0.15) is 21.6 Å². The number of hydrogen-bond acceptors (Lipinski definition) is 4. The van der Waals surface area contributed by atoms with Gasteiger partial charge in [0, 0.05) is 24.7 Å². The molecule has 2 N–H and O–H groups in total. The van der Waals surface area contributed by atoms with Crippen LogP contribution in [0.2, 0.25) is 0 Å². The van der Waals surface area contributed by atoms with E-state index in [0.29, 0.717) is 30.4 Å². The first-order valence-corrected chi connectivity index (χ1v) is 8.79. The highest BCUT2D eigenvalue weighted by atomic mass is 16.1. The zero-order valence-corrected chi connectivity index (χ0v) is 15.3. The van der Waals surface area contributed by atoms with Crippen LogP contribution in [0, 0.1) is 6.92 Å². The second kappa shape index (κ2) is 8.76. The molecule has 0 spiro atoms. The van der Waals surface area contributed by atoms with Crippen LogP contribution in [0.5, 0.6) is 0 Å². The second-order valence-electron chi connectivity index (χ2n) is 6.11. The van der Waals surface area contributed by atoms with Gasteiger partial charge in [-0.15, -0.1) is 6.58 Å². The monoisotopic (exact) mass is 358 g/mol. The van der Waals surface area contributed by atoms with Gasteiger partial charge >= 0.3 is 0 Å². The Kier molecular flexibility index (Phi) is 5.94. The molecule has 0 unspecified atom stereocenters. The normalized spacial score (nSPS) is 10.3. The van der Waals surface area contributed by atoms with Gasteiger partial charge in [0.1, 0.15) is 11.5 Å². The molecule has 1 amide bonds. The van der Waals surface area contributed by atoms with Crippen LogP contribution in [0.15, 0.2) is 73.3 Å². The number of carbonyl (C=O) groups is 1. The lowest BCUT2D eigenvalue weighted by molar-refractivity contribution is 0.0946. The maximum atomic E-state index is 12.7. The van der Waals surface area contributed by atoms with E-state index in [-0.39, 0.29) is 5.91 Å². The van der Waals surface area contributed by atoms with E-state index in [0.717, 1.165) is 16.7 Å². The summed E-state index contributed by atoms with van der Waals surface area (Å²) in [5.74, 6) is 0.856. The van der Waals surface area contributed by atoms with Gasteiger partial charge in [0.05, 0.1) is 0 Å². The number of nitrogens with zero attached hydrogens (tertiary/aromatic N) is 2. The minimum atomic E-state index is -0.237. The lowest BCUT2D eigenvalue weighted by Crippen LogP contribution is -2.24. The van der Waals surface area contributed by atoms with Gasteiger partial charge in [0.2, 0.25) is 0 Å². The fraction of sp³-hybridized carbons (Fsp3) is 0.136. The number of hydrogen-bond donors (Lipinski definition) is 2. The molecule has 5 nitrogen and oxygen atoms in total. The molecule has 2 aromatic carbocycles. The van der Waals surface area contributed by atoms with Crippen molar-refractivity contribution in [2.75, 3.05) is 11.9 Å². The van der Waals surface area contributed by atoms with Gasteiger partial charge in [-0.25, -0.2) is 9.97 Å². The molecule has 0 aliphatic rings. The van der Waals surface area contributed by atoms with E-state index in [1.165, 1.54) is 0 Å². The number of carbonyl (C=O) groups excluding carboxylic acids is 1. The zero-order chi connectivity index (χ0) is 19.1. The summed E-state index contributed by atoms with van der Waals surface area (Å²) in [5, 5.41) is 6.07. The van der Waals surface area contributed by atoms with Crippen LogP contribution in [0.25, 0.3) is 11.4 Å². The molecule has 1 aromatic heterocycles. The Bertz CT molecular complexity index is 938. The molecule has 27 heavy (non-hydrogen) atoms. The van der Waals surface area contributed by atoms with E-state index in [1.807, 2.05) is 61.5 Å². The Labute approximate surface area is 159 Å². The molecule has 0 atom stereocenters. The van der Waals surface area contributed by atoms with Crippen molar-refractivity contribution in [3.63, 3.8) is 0 Å². The maximum absolute atomic E-state index is 12.7. The minimum absolute atomic E-state index is 0.237. The summed E-state index contributed by atoms with van der Waals surface area (Å²) in [6.45, 7) is 6.73. The predicted molar refractivity (Wildman–Crippen MR) is 109 cm³/mol. The Morgan fingerprint density at radius 2 is 1.81 bits per heavy atom. The molecule has 5 heteroatoms. The number of nitrogens with one attached hydrogen (secondary N) is 2. The summed E-state index contributed by atoms with van der Waals surface area (Å²) >= 11 is 0. The minimum Gasteiger partial charge on any atom is -0.366 e. The van der Waals surface area contributed by atoms with E-state index in [2.05, 4.69) is 27.2 Å². The van der Waals surface area contributed by atoms with Crippen LogP contribution in [-0.2, 0) is 6.54 Å². The molecule has 0 radical (unpaired) electrons. The predicted octanol–water partition coefficient (Wildman–Crippen LogP) is 3.98. The molecule has 0 saturated heterocycles. The van der Waals surface area contributed by atoms with Gasteiger partial charge in [-0.05, 0) is 18.1 Å². The smallest absolute Gasteiger partial charge is 0.270 e. The Morgan fingerprint density at radius 1 is 1.07 bits per heavy atom. The molecule has 0 saturated carbocycles. The summed E-state index contributed by atoms with van der Waals surface area (Å²) in [4.78, 5) is 21.7. The first-order chi connectivity index (χ1) is 13.2. The first-order valence-electron chi connectivity index (χ1n) is 8.79. The summed E-state index contributed by atoms with van der Waals surface area (Å²) < 4.78 is 0. The third-order valence-electron chi connectivity index (χ3n) is 4.12. The second-order valence-corrected chi connectivity index (χ2v) is 6.11. The summed E-state index contributed by atoms with van der Waals surface area (Å²) in [7, 11) is 0. The van der Waals surface area contributed by atoms with Crippen LogP contribution in [0.4, 0.5) is 5.82 Å². The number of rotatable bonds is 7. The highest BCUT2D eigenvalue weighted by Crippen LogP contribution is 2.18. The van der Waals surface area contributed by atoms with Gasteiger partial charge in [-0.3, -0.25) is 4.79 Å². The van der Waals surface area contributed by atoms with Crippen molar-refractivity contribution in [1.29, 1.82) is 0 Å². The summed E-state index contributed by atoms with van der Waals surface area (Å²) in [5.41, 5.74) is 3.39. The maximum Gasteiger partial charge on any atom is 0.270 e. The van der Waals surface area contributed by atoms with E-state index in [4.69, 9.17) is 0 Å². The first kappa shape index (κ1) is 18.3.